The number of pyridine rings is 1. The summed E-state index contributed by atoms with van der Waals surface area (Å²) in [6.45, 7) is 1.75. The van der Waals surface area contributed by atoms with E-state index >= 15 is 0 Å². The number of alkyl halides is 2. The topological polar surface area (TPSA) is 12.9 Å². The third-order valence-electron chi connectivity index (χ3n) is 1.32. The number of nitrogens with zero attached hydrogens (tertiary/aromatic N) is 1. The van der Waals surface area contributed by atoms with E-state index in [1.807, 2.05) is 0 Å². The minimum atomic E-state index is -2.51. The van der Waals surface area contributed by atoms with E-state index in [1.165, 1.54) is 6.20 Å². The van der Waals surface area contributed by atoms with Crippen LogP contribution in [-0.4, -0.2) is 4.98 Å². The van der Waals surface area contributed by atoms with Gasteiger partial charge in [0.05, 0.1) is 0 Å². The highest BCUT2D eigenvalue weighted by Crippen LogP contribution is 2.27. The number of hydrogen-bond acceptors (Lipinski definition) is 1. The van der Waals surface area contributed by atoms with Crippen LogP contribution in [0.3, 0.4) is 0 Å². The molecule has 11 heavy (non-hydrogen) atoms. The lowest BCUT2D eigenvalue weighted by Crippen LogP contribution is -1.92. The first kappa shape index (κ1) is 8.59. The molecule has 0 aliphatic heterocycles. The lowest BCUT2D eigenvalue weighted by atomic mass is 10.2. The lowest BCUT2D eigenvalue weighted by molar-refractivity contribution is 0.145. The summed E-state index contributed by atoms with van der Waals surface area (Å²) < 4.78 is 24.6. The van der Waals surface area contributed by atoms with Crippen molar-refractivity contribution in [2.75, 3.05) is 0 Å². The van der Waals surface area contributed by atoms with Gasteiger partial charge in [-0.05, 0) is 34.5 Å². The molecule has 0 aliphatic carbocycles. The maximum Gasteiger partial charge on any atom is 0.281 e. The molecule has 0 aliphatic rings. The summed E-state index contributed by atoms with van der Waals surface area (Å²) in [5.74, 6) is 0. The highest BCUT2D eigenvalue weighted by Gasteiger charge is 2.13. The molecule has 0 bridgehead atoms. The molecule has 1 aromatic heterocycles. The molecule has 1 aromatic rings. The summed E-state index contributed by atoms with van der Waals surface area (Å²) in [6, 6.07) is 1.68. The Labute approximate surface area is 71.6 Å². The van der Waals surface area contributed by atoms with Crippen molar-refractivity contribution in [3.63, 3.8) is 0 Å². The van der Waals surface area contributed by atoms with E-state index in [9.17, 15) is 8.78 Å². The van der Waals surface area contributed by atoms with Crippen molar-refractivity contribution in [1.82, 2.24) is 4.98 Å². The summed E-state index contributed by atoms with van der Waals surface area (Å²) in [7, 11) is 0. The van der Waals surface area contributed by atoms with Gasteiger partial charge in [0, 0.05) is 10.7 Å². The van der Waals surface area contributed by atoms with Gasteiger partial charge in [-0.15, -0.1) is 0 Å². The van der Waals surface area contributed by atoms with Crippen molar-refractivity contribution in [3.05, 3.63) is 28.0 Å². The number of aryl methyl sites for hydroxylation is 1. The standard InChI is InChI=1S/C7H6BrF2N/c1-4-2-3-11-6(5(4)8)7(9)10/h2-3,7H,1H3. The number of halogens is 3. The van der Waals surface area contributed by atoms with E-state index in [0.717, 1.165) is 5.56 Å². The summed E-state index contributed by atoms with van der Waals surface area (Å²) in [6.07, 6.45) is -1.13. The van der Waals surface area contributed by atoms with Crippen molar-refractivity contribution < 1.29 is 8.78 Å². The first-order valence-electron chi connectivity index (χ1n) is 3.02. The van der Waals surface area contributed by atoms with E-state index in [-0.39, 0.29) is 5.69 Å². The third-order valence-corrected chi connectivity index (χ3v) is 2.35. The maximum atomic E-state index is 12.1. The van der Waals surface area contributed by atoms with Gasteiger partial charge in [0.2, 0.25) is 0 Å². The smallest absolute Gasteiger partial charge is 0.254 e. The monoisotopic (exact) mass is 221 g/mol. The second kappa shape index (κ2) is 3.26. The molecule has 0 atom stereocenters. The van der Waals surface area contributed by atoms with Crippen LogP contribution >= 0.6 is 15.9 Å². The van der Waals surface area contributed by atoms with Crippen LogP contribution in [0.2, 0.25) is 0 Å². The molecule has 0 amide bonds. The second-order valence-corrected chi connectivity index (χ2v) is 2.92. The molecular weight excluding hydrogens is 216 g/mol. The first-order valence-corrected chi connectivity index (χ1v) is 3.81. The number of rotatable bonds is 1. The van der Waals surface area contributed by atoms with Gasteiger partial charge in [-0.25, -0.2) is 8.78 Å². The molecule has 0 saturated heterocycles. The molecule has 1 nitrogen and oxygen atoms in total. The number of aromatic nitrogens is 1. The van der Waals surface area contributed by atoms with E-state index < -0.39 is 6.43 Å². The Morgan fingerprint density at radius 3 is 2.64 bits per heavy atom. The summed E-state index contributed by atoms with van der Waals surface area (Å²) in [4.78, 5) is 3.54. The van der Waals surface area contributed by atoms with Crippen LogP contribution in [0.4, 0.5) is 8.78 Å². The van der Waals surface area contributed by atoms with E-state index in [2.05, 4.69) is 20.9 Å². The normalized spacial score (nSPS) is 10.6. The molecule has 0 fully saturated rings. The molecule has 0 unspecified atom stereocenters. The van der Waals surface area contributed by atoms with Gasteiger partial charge >= 0.3 is 0 Å². The van der Waals surface area contributed by atoms with Crippen LogP contribution in [0.25, 0.3) is 0 Å². The minimum absolute atomic E-state index is 0.190. The van der Waals surface area contributed by atoms with Crippen molar-refractivity contribution in [3.8, 4) is 0 Å². The van der Waals surface area contributed by atoms with Gasteiger partial charge < -0.3 is 0 Å². The Hall–Kier alpha value is -0.510. The summed E-state index contributed by atoms with van der Waals surface area (Å²) in [5, 5.41) is 0. The van der Waals surface area contributed by atoms with E-state index in [1.54, 1.807) is 13.0 Å². The Morgan fingerprint density at radius 2 is 2.18 bits per heavy atom. The molecular formula is C7H6BrF2N. The highest BCUT2D eigenvalue weighted by molar-refractivity contribution is 9.10. The fourth-order valence-electron chi connectivity index (χ4n) is 0.713. The van der Waals surface area contributed by atoms with Crippen LogP contribution < -0.4 is 0 Å². The largest absolute Gasteiger partial charge is 0.281 e. The van der Waals surface area contributed by atoms with Crippen LogP contribution in [0.5, 0.6) is 0 Å². The van der Waals surface area contributed by atoms with Crippen LogP contribution in [0.1, 0.15) is 17.7 Å². The molecule has 1 heterocycles. The molecule has 4 heteroatoms. The van der Waals surface area contributed by atoms with Gasteiger partial charge in [0.1, 0.15) is 5.69 Å². The molecule has 0 aromatic carbocycles. The highest BCUT2D eigenvalue weighted by atomic mass is 79.9. The van der Waals surface area contributed by atoms with E-state index in [4.69, 9.17) is 0 Å². The average Bonchev–Trinajstić information content (AvgIpc) is 1.94. The zero-order valence-electron chi connectivity index (χ0n) is 5.81. The first-order chi connectivity index (χ1) is 5.13. The van der Waals surface area contributed by atoms with E-state index in [0.29, 0.717) is 4.47 Å². The predicted molar refractivity (Wildman–Crippen MR) is 41.6 cm³/mol. The Morgan fingerprint density at radius 1 is 1.55 bits per heavy atom. The van der Waals surface area contributed by atoms with Gasteiger partial charge in [-0.1, -0.05) is 0 Å². The molecule has 0 radical (unpaired) electrons. The number of hydrogen-bond donors (Lipinski definition) is 0. The molecule has 0 N–H and O–H groups in total. The average molecular weight is 222 g/mol. The molecule has 1 rings (SSSR count). The lowest BCUT2D eigenvalue weighted by Gasteiger charge is -2.03. The fourth-order valence-corrected chi connectivity index (χ4v) is 1.12. The van der Waals surface area contributed by atoms with Gasteiger partial charge in [-0.3, -0.25) is 4.98 Å². The van der Waals surface area contributed by atoms with Gasteiger partial charge in [0.25, 0.3) is 6.43 Å². The maximum absolute atomic E-state index is 12.1. The fraction of sp³-hybridized carbons (Fsp3) is 0.286. The van der Waals surface area contributed by atoms with Crippen LogP contribution in [0, 0.1) is 6.92 Å². The van der Waals surface area contributed by atoms with Crippen LogP contribution in [-0.2, 0) is 0 Å². The SMILES string of the molecule is Cc1ccnc(C(F)F)c1Br. The summed E-state index contributed by atoms with van der Waals surface area (Å²) in [5.41, 5.74) is 0.584. The molecule has 0 spiro atoms. The van der Waals surface area contributed by atoms with Crippen LogP contribution in [0.15, 0.2) is 16.7 Å². The predicted octanol–water partition coefficient (Wildman–Crippen LogP) is 3.09. The Bertz CT molecular complexity index is 263. The zero-order valence-corrected chi connectivity index (χ0v) is 7.40. The molecule has 0 saturated carbocycles. The quantitative estimate of drug-likeness (QED) is 0.711. The third kappa shape index (κ3) is 1.74. The zero-order chi connectivity index (χ0) is 8.43. The second-order valence-electron chi connectivity index (χ2n) is 2.13. The Kier molecular flexibility index (Phi) is 2.54. The van der Waals surface area contributed by atoms with Crippen molar-refractivity contribution >= 4 is 15.9 Å². The Balaban J connectivity index is 3.17. The molecule has 60 valence electrons. The van der Waals surface area contributed by atoms with Crippen molar-refractivity contribution in [2.24, 2.45) is 0 Å². The van der Waals surface area contributed by atoms with Gasteiger partial charge in [-0.2, -0.15) is 0 Å². The van der Waals surface area contributed by atoms with Crippen molar-refractivity contribution in [2.45, 2.75) is 13.3 Å². The van der Waals surface area contributed by atoms with Gasteiger partial charge in [0.15, 0.2) is 0 Å². The van der Waals surface area contributed by atoms with Crippen molar-refractivity contribution in [1.29, 1.82) is 0 Å². The minimum Gasteiger partial charge on any atom is -0.254 e. The summed E-state index contributed by atoms with van der Waals surface area (Å²) >= 11 is 3.04.